The Kier molecular flexibility index (Phi) is 3.14. The van der Waals surface area contributed by atoms with E-state index in [2.05, 4.69) is 58.7 Å². The molecule has 0 aliphatic rings. The maximum absolute atomic E-state index is 4.75. The van der Waals surface area contributed by atoms with E-state index < -0.39 is 0 Å². The fourth-order valence-corrected chi connectivity index (χ4v) is 2.17. The van der Waals surface area contributed by atoms with E-state index in [1.165, 1.54) is 16.5 Å². The molecule has 1 aromatic carbocycles. The van der Waals surface area contributed by atoms with E-state index in [0.717, 1.165) is 23.5 Å². The van der Waals surface area contributed by atoms with Crippen molar-refractivity contribution >= 4 is 10.9 Å². The summed E-state index contributed by atoms with van der Waals surface area (Å²) in [4.78, 5) is 9.41. The van der Waals surface area contributed by atoms with Gasteiger partial charge in [0.25, 0.3) is 0 Å². The molecule has 0 saturated heterocycles. The van der Waals surface area contributed by atoms with Gasteiger partial charge in [0, 0.05) is 17.2 Å². The molecule has 0 saturated carbocycles. The topological polar surface area (TPSA) is 25.8 Å². The van der Waals surface area contributed by atoms with Crippen molar-refractivity contribution in [3.8, 4) is 0 Å². The number of nitrogens with zero attached hydrogens (tertiary/aromatic N) is 2. The van der Waals surface area contributed by atoms with Crippen LogP contribution in [0, 0.1) is 13.8 Å². The highest BCUT2D eigenvalue weighted by Crippen LogP contribution is 2.29. The fraction of sp³-hybridized carbons (Fsp3) is 0.500. The minimum Gasteiger partial charge on any atom is -0.237 e. The third kappa shape index (κ3) is 2.24. The molecule has 0 spiro atoms. The van der Waals surface area contributed by atoms with Crippen LogP contribution in [0.25, 0.3) is 10.9 Å². The average Bonchev–Trinajstić information content (AvgIpc) is 2.28. The van der Waals surface area contributed by atoms with Crippen LogP contribution in [-0.2, 0) is 11.8 Å². The van der Waals surface area contributed by atoms with Crippen LogP contribution in [0.15, 0.2) is 12.1 Å². The summed E-state index contributed by atoms with van der Waals surface area (Å²) in [6, 6.07) is 4.41. The lowest BCUT2D eigenvalue weighted by atomic mass is 9.88. The van der Waals surface area contributed by atoms with E-state index in [4.69, 9.17) is 4.98 Å². The first kappa shape index (κ1) is 13.0. The summed E-state index contributed by atoms with van der Waals surface area (Å²) in [6.07, 6.45) is 0.881. The van der Waals surface area contributed by atoms with Crippen LogP contribution in [0.3, 0.4) is 0 Å². The highest BCUT2D eigenvalue weighted by Gasteiger charge is 2.20. The quantitative estimate of drug-likeness (QED) is 0.752. The molecular weight excluding hydrogens is 220 g/mol. The second-order valence-corrected chi connectivity index (χ2v) is 6.05. The van der Waals surface area contributed by atoms with Crippen LogP contribution < -0.4 is 0 Å². The van der Waals surface area contributed by atoms with Crippen molar-refractivity contribution in [2.45, 2.75) is 53.4 Å². The van der Waals surface area contributed by atoms with Crippen LogP contribution in [0.2, 0.25) is 0 Å². The third-order valence-electron chi connectivity index (χ3n) is 3.38. The lowest BCUT2D eigenvalue weighted by Crippen LogP contribution is -2.16. The van der Waals surface area contributed by atoms with E-state index >= 15 is 0 Å². The van der Waals surface area contributed by atoms with Crippen LogP contribution in [0.5, 0.6) is 0 Å². The van der Waals surface area contributed by atoms with Crippen molar-refractivity contribution in [1.82, 2.24) is 9.97 Å². The largest absolute Gasteiger partial charge is 0.237 e. The Balaban J connectivity index is 2.86. The number of benzene rings is 1. The average molecular weight is 242 g/mol. The monoisotopic (exact) mass is 242 g/mol. The minimum atomic E-state index is 0.0484. The predicted molar refractivity (Wildman–Crippen MR) is 77.1 cm³/mol. The zero-order valence-corrected chi connectivity index (χ0v) is 12.3. The molecule has 18 heavy (non-hydrogen) atoms. The molecular formula is C16H22N2. The van der Waals surface area contributed by atoms with Crippen LogP contribution in [0.1, 0.15) is 50.3 Å². The molecule has 2 nitrogen and oxygen atoms in total. The molecule has 2 aromatic rings. The number of fused-ring (bicyclic) bond motifs is 1. The van der Waals surface area contributed by atoms with Gasteiger partial charge in [-0.3, -0.25) is 0 Å². The van der Waals surface area contributed by atoms with Crippen molar-refractivity contribution in [1.29, 1.82) is 0 Å². The van der Waals surface area contributed by atoms with Gasteiger partial charge in [-0.15, -0.1) is 0 Å². The lowest BCUT2D eigenvalue weighted by molar-refractivity contribution is 0.570. The van der Waals surface area contributed by atoms with Gasteiger partial charge < -0.3 is 0 Å². The van der Waals surface area contributed by atoms with E-state index in [1.807, 2.05) is 0 Å². The molecule has 0 amide bonds. The molecule has 0 atom stereocenters. The molecule has 0 radical (unpaired) electrons. The third-order valence-corrected chi connectivity index (χ3v) is 3.38. The van der Waals surface area contributed by atoms with Gasteiger partial charge in [-0.2, -0.15) is 0 Å². The number of aryl methyl sites for hydroxylation is 3. The van der Waals surface area contributed by atoms with Gasteiger partial charge in [0.2, 0.25) is 0 Å². The number of hydrogen-bond acceptors (Lipinski definition) is 2. The standard InChI is InChI=1S/C16H22N2/c1-7-14-17-13-9-11(3)10(2)8-12(13)15(18-14)16(4,5)6/h8-9H,7H2,1-6H3. The van der Waals surface area contributed by atoms with E-state index in [-0.39, 0.29) is 5.41 Å². The number of rotatable bonds is 1. The summed E-state index contributed by atoms with van der Waals surface area (Å²) in [6.45, 7) is 13.0. The Hall–Kier alpha value is -1.44. The maximum Gasteiger partial charge on any atom is 0.129 e. The normalized spacial score (nSPS) is 12.1. The lowest BCUT2D eigenvalue weighted by Gasteiger charge is -2.21. The zero-order valence-electron chi connectivity index (χ0n) is 12.3. The van der Waals surface area contributed by atoms with E-state index in [9.17, 15) is 0 Å². The summed E-state index contributed by atoms with van der Waals surface area (Å²) < 4.78 is 0. The molecule has 1 heterocycles. The first-order valence-corrected chi connectivity index (χ1v) is 6.61. The molecule has 2 heteroatoms. The SMILES string of the molecule is CCc1nc(C(C)(C)C)c2cc(C)c(C)cc2n1. The molecule has 0 aliphatic heterocycles. The second kappa shape index (κ2) is 4.34. The molecule has 0 N–H and O–H groups in total. The van der Waals surface area contributed by atoms with Gasteiger partial charge in [-0.1, -0.05) is 27.7 Å². The first-order valence-electron chi connectivity index (χ1n) is 6.61. The number of aromatic nitrogens is 2. The minimum absolute atomic E-state index is 0.0484. The smallest absolute Gasteiger partial charge is 0.129 e. The van der Waals surface area contributed by atoms with Gasteiger partial charge >= 0.3 is 0 Å². The Morgan fingerprint density at radius 2 is 1.61 bits per heavy atom. The fourth-order valence-electron chi connectivity index (χ4n) is 2.17. The molecule has 0 fully saturated rings. The molecule has 96 valence electrons. The number of hydrogen-bond donors (Lipinski definition) is 0. The predicted octanol–water partition coefficient (Wildman–Crippen LogP) is 4.11. The zero-order chi connectivity index (χ0) is 13.5. The summed E-state index contributed by atoms with van der Waals surface area (Å²) in [7, 11) is 0. The van der Waals surface area contributed by atoms with Crippen molar-refractivity contribution in [3.05, 3.63) is 34.8 Å². The van der Waals surface area contributed by atoms with Crippen LogP contribution >= 0.6 is 0 Å². The van der Waals surface area contributed by atoms with Crippen molar-refractivity contribution in [2.75, 3.05) is 0 Å². The highest BCUT2D eigenvalue weighted by atomic mass is 14.9. The van der Waals surface area contributed by atoms with Gasteiger partial charge in [-0.05, 0) is 37.1 Å². The molecule has 0 unspecified atom stereocenters. The highest BCUT2D eigenvalue weighted by molar-refractivity contribution is 5.83. The molecule has 0 aliphatic carbocycles. The Morgan fingerprint density at radius 1 is 1.00 bits per heavy atom. The van der Waals surface area contributed by atoms with Crippen LogP contribution in [-0.4, -0.2) is 9.97 Å². The Bertz CT molecular complexity index is 592. The van der Waals surface area contributed by atoms with Crippen LogP contribution in [0.4, 0.5) is 0 Å². The molecule has 2 rings (SSSR count). The van der Waals surface area contributed by atoms with Gasteiger partial charge in [0.1, 0.15) is 5.82 Å². The Labute approximate surface area is 109 Å². The Morgan fingerprint density at radius 3 is 2.17 bits per heavy atom. The molecule has 0 bridgehead atoms. The maximum atomic E-state index is 4.75. The van der Waals surface area contributed by atoms with Gasteiger partial charge in [-0.25, -0.2) is 9.97 Å². The van der Waals surface area contributed by atoms with Crippen molar-refractivity contribution < 1.29 is 0 Å². The van der Waals surface area contributed by atoms with E-state index in [0.29, 0.717) is 0 Å². The van der Waals surface area contributed by atoms with Gasteiger partial charge in [0.15, 0.2) is 0 Å². The van der Waals surface area contributed by atoms with Crippen molar-refractivity contribution in [2.24, 2.45) is 0 Å². The van der Waals surface area contributed by atoms with Gasteiger partial charge in [0.05, 0.1) is 11.2 Å². The first-order chi connectivity index (χ1) is 8.32. The summed E-state index contributed by atoms with van der Waals surface area (Å²) in [5.74, 6) is 0.940. The second-order valence-electron chi connectivity index (χ2n) is 6.05. The van der Waals surface area contributed by atoms with Crippen molar-refractivity contribution in [3.63, 3.8) is 0 Å². The molecule has 1 aromatic heterocycles. The summed E-state index contributed by atoms with van der Waals surface area (Å²) >= 11 is 0. The van der Waals surface area contributed by atoms with E-state index in [1.54, 1.807) is 0 Å². The summed E-state index contributed by atoms with van der Waals surface area (Å²) in [5, 5.41) is 1.20. The summed E-state index contributed by atoms with van der Waals surface area (Å²) in [5.41, 5.74) is 4.89.